The van der Waals surface area contributed by atoms with Gasteiger partial charge in [0.2, 0.25) is 5.91 Å². The summed E-state index contributed by atoms with van der Waals surface area (Å²) in [5.41, 5.74) is 7.29. The van der Waals surface area contributed by atoms with Crippen molar-refractivity contribution in [2.45, 2.75) is 6.92 Å². The molecule has 1 aliphatic rings. The van der Waals surface area contributed by atoms with E-state index < -0.39 is 0 Å². The first-order chi connectivity index (χ1) is 10.0. The van der Waals surface area contributed by atoms with E-state index in [1.54, 1.807) is 14.0 Å². The number of nitrogens with zero attached hydrogens (tertiary/aromatic N) is 2. The molecule has 0 aliphatic carbocycles. The second-order valence-corrected chi connectivity index (χ2v) is 5.31. The fourth-order valence-corrected chi connectivity index (χ4v) is 2.50. The number of carbonyl (C=O) groups is 1. The average Bonchev–Trinajstić information content (AvgIpc) is 2.47. The van der Waals surface area contributed by atoms with Crippen LogP contribution in [0.2, 0.25) is 0 Å². The van der Waals surface area contributed by atoms with Gasteiger partial charge in [0.1, 0.15) is 5.75 Å². The van der Waals surface area contributed by atoms with Gasteiger partial charge in [0, 0.05) is 44.9 Å². The molecule has 114 valence electrons. The number of thiocarbonyl (C=S) groups is 1. The third-order valence-electron chi connectivity index (χ3n) is 3.53. The van der Waals surface area contributed by atoms with Gasteiger partial charge in [-0.2, -0.15) is 0 Å². The number of rotatable bonds is 3. The molecule has 0 aromatic heterocycles. The van der Waals surface area contributed by atoms with Gasteiger partial charge in [-0.3, -0.25) is 4.79 Å². The van der Waals surface area contributed by atoms with Crippen LogP contribution < -0.4 is 20.7 Å². The number of anilines is 2. The number of carbonyl (C=O) groups excluding carboxylic acids is 1. The van der Waals surface area contributed by atoms with Crippen LogP contribution in [0.1, 0.15) is 6.92 Å². The molecule has 1 aliphatic heterocycles. The summed E-state index contributed by atoms with van der Waals surface area (Å²) in [4.78, 5) is 15.4. The first kappa shape index (κ1) is 15.4. The zero-order chi connectivity index (χ0) is 15.4. The monoisotopic (exact) mass is 308 g/mol. The molecule has 0 radical (unpaired) electrons. The molecule has 7 heteroatoms. The van der Waals surface area contributed by atoms with Crippen molar-refractivity contribution in [3.05, 3.63) is 18.2 Å². The molecule has 6 nitrogen and oxygen atoms in total. The standard InChI is InChI=1S/C14H20N4O2S/c1-10(19)17-5-7-18(8-6-17)11-3-4-12(16-14(15)21)13(9-11)20-2/h3-4,9H,5-8H2,1-2H3,(H3,15,16,21). The fraction of sp³-hybridized carbons (Fsp3) is 0.429. The first-order valence-corrected chi connectivity index (χ1v) is 7.17. The maximum absolute atomic E-state index is 11.3. The zero-order valence-electron chi connectivity index (χ0n) is 12.3. The van der Waals surface area contributed by atoms with Crippen LogP contribution in [0, 0.1) is 0 Å². The highest BCUT2D eigenvalue weighted by Gasteiger charge is 2.19. The van der Waals surface area contributed by atoms with Gasteiger partial charge in [-0.1, -0.05) is 0 Å². The summed E-state index contributed by atoms with van der Waals surface area (Å²) < 4.78 is 5.37. The van der Waals surface area contributed by atoms with Gasteiger partial charge < -0.3 is 25.6 Å². The number of benzene rings is 1. The predicted octanol–water partition coefficient (Wildman–Crippen LogP) is 1.02. The minimum atomic E-state index is 0.128. The zero-order valence-corrected chi connectivity index (χ0v) is 13.1. The van der Waals surface area contributed by atoms with E-state index in [4.69, 9.17) is 22.7 Å². The number of methoxy groups -OCH3 is 1. The molecule has 1 heterocycles. The number of nitrogens with one attached hydrogen (secondary N) is 1. The molecule has 1 saturated heterocycles. The summed E-state index contributed by atoms with van der Waals surface area (Å²) in [5, 5.41) is 3.09. The molecule has 0 atom stereocenters. The normalized spacial score (nSPS) is 14.8. The molecule has 1 aromatic rings. The SMILES string of the molecule is COc1cc(N2CCN(C(C)=O)CC2)ccc1NC(N)=S. The Morgan fingerprint density at radius 3 is 2.52 bits per heavy atom. The van der Waals surface area contributed by atoms with Gasteiger partial charge in [0.15, 0.2) is 5.11 Å². The molecule has 1 aromatic carbocycles. The highest BCUT2D eigenvalue weighted by Crippen LogP contribution is 2.30. The number of hydrogen-bond acceptors (Lipinski definition) is 4. The molecule has 2 rings (SSSR count). The van der Waals surface area contributed by atoms with E-state index >= 15 is 0 Å². The second kappa shape index (κ2) is 6.62. The lowest BCUT2D eigenvalue weighted by Crippen LogP contribution is -2.48. The maximum Gasteiger partial charge on any atom is 0.219 e. The van der Waals surface area contributed by atoms with Gasteiger partial charge in [-0.25, -0.2) is 0 Å². The van der Waals surface area contributed by atoms with Gasteiger partial charge in [-0.05, 0) is 24.4 Å². The van der Waals surface area contributed by atoms with Crippen molar-refractivity contribution in [3.63, 3.8) is 0 Å². The topological polar surface area (TPSA) is 70.8 Å². The van der Waals surface area contributed by atoms with Crippen molar-refractivity contribution in [2.75, 3.05) is 43.5 Å². The Kier molecular flexibility index (Phi) is 4.85. The molecule has 0 spiro atoms. The molecule has 3 N–H and O–H groups in total. The van der Waals surface area contributed by atoms with E-state index in [1.165, 1.54) is 0 Å². The number of ether oxygens (including phenoxy) is 1. The van der Waals surface area contributed by atoms with E-state index in [1.807, 2.05) is 23.1 Å². The lowest BCUT2D eigenvalue weighted by Gasteiger charge is -2.35. The van der Waals surface area contributed by atoms with Crippen LogP contribution in [0.5, 0.6) is 5.75 Å². The summed E-state index contributed by atoms with van der Waals surface area (Å²) in [6.45, 7) is 4.71. The molecule has 0 bridgehead atoms. The molecular weight excluding hydrogens is 288 g/mol. The number of amides is 1. The Morgan fingerprint density at radius 2 is 2.00 bits per heavy atom. The van der Waals surface area contributed by atoms with Gasteiger partial charge in [-0.15, -0.1) is 0 Å². The minimum absolute atomic E-state index is 0.128. The maximum atomic E-state index is 11.3. The van der Waals surface area contributed by atoms with Crippen molar-refractivity contribution < 1.29 is 9.53 Å². The van der Waals surface area contributed by atoms with Crippen LogP contribution in [0.15, 0.2) is 18.2 Å². The van der Waals surface area contributed by atoms with Crippen molar-refractivity contribution in [1.82, 2.24) is 4.90 Å². The number of piperazine rings is 1. The smallest absolute Gasteiger partial charge is 0.219 e. The third-order valence-corrected chi connectivity index (χ3v) is 3.64. The Labute approximate surface area is 129 Å². The second-order valence-electron chi connectivity index (χ2n) is 4.87. The van der Waals surface area contributed by atoms with Crippen LogP contribution in [-0.4, -0.2) is 49.2 Å². The van der Waals surface area contributed by atoms with Gasteiger partial charge >= 0.3 is 0 Å². The largest absolute Gasteiger partial charge is 0.494 e. The van der Waals surface area contributed by atoms with Crippen LogP contribution >= 0.6 is 12.2 Å². The summed E-state index contributed by atoms with van der Waals surface area (Å²) >= 11 is 4.84. The van der Waals surface area contributed by atoms with Crippen molar-refractivity contribution >= 4 is 34.6 Å². The quantitative estimate of drug-likeness (QED) is 0.813. The number of nitrogens with two attached hydrogens (primary N) is 1. The van der Waals surface area contributed by atoms with Crippen LogP contribution in [0.4, 0.5) is 11.4 Å². The summed E-state index contributed by atoms with van der Waals surface area (Å²) in [6.07, 6.45) is 0. The molecule has 0 saturated carbocycles. The van der Waals surface area contributed by atoms with Crippen LogP contribution in [0.3, 0.4) is 0 Å². The molecule has 1 fully saturated rings. The Hall–Kier alpha value is -2.02. The van der Waals surface area contributed by atoms with E-state index in [2.05, 4.69) is 10.2 Å². The molecular formula is C14H20N4O2S. The Bertz CT molecular complexity index is 542. The number of hydrogen-bond donors (Lipinski definition) is 2. The predicted molar refractivity (Wildman–Crippen MR) is 87.9 cm³/mol. The van der Waals surface area contributed by atoms with E-state index in [0.29, 0.717) is 5.75 Å². The molecule has 0 unspecified atom stereocenters. The van der Waals surface area contributed by atoms with Crippen molar-refractivity contribution in [1.29, 1.82) is 0 Å². The summed E-state index contributed by atoms with van der Waals surface area (Å²) in [6, 6.07) is 5.83. The first-order valence-electron chi connectivity index (χ1n) is 6.76. The van der Waals surface area contributed by atoms with Gasteiger partial charge in [0.25, 0.3) is 0 Å². The average molecular weight is 308 g/mol. The van der Waals surface area contributed by atoms with E-state index in [9.17, 15) is 4.79 Å². The van der Waals surface area contributed by atoms with Crippen molar-refractivity contribution in [3.8, 4) is 5.75 Å². The van der Waals surface area contributed by atoms with Crippen LogP contribution in [0.25, 0.3) is 0 Å². The van der Waals surface area contributed by atoms with Crippen molar-refractivity contribution in [2.24, 2.45) is 5.73 Å². The van der Waals surface area contributed by atoms with E-state index in [0.717, 1.165) is 37.6 Å². The van der Waals surface area contributed by atoms with Gasteiger partial charge in [0.05, 0.1) is 12.8 Å². The lowest BCUT2D eigenvalue weighted by molar-refractivity contribution is -0.129. The third kappa shape index (κ3) is 3.75. The Balaban J connectivity index is 2.11. The molecule has 21 heavy (non-hydrogen) atoms. The minimum Gasteiger partial charge on any atom is -0.494 e. The lowest BCUT2D eigenvalue weighted by atomic mass is 10.2. The summed E-state index contributed by atoms with van der Waals surface area (Å²) in [7, 11) is 1.61. The molecule has 1 amide bonds. The fourth-order valence-electron chi connectivity index (χ4n) is 2.39. The summed E-state index contributed by atoms with van der Waals surface area (Å²) in [5.74, 6) is 0.817. The van der Waals surface area contributed by atoms with E-state index in [-0.39, 0.29) is 11.0 Å². The Morgan fingerprint density at radius 1 is 1.33 bits per heavy atom. The highest BCUT2D eigenvalue weighted by molar-refractivity contribution is 7.80. The van der Waals surface area contributed by atoms with Crippen LogP contribution in [-0.2, 0) is 4.79 Å². The highest BCUT2D eigenvalue weighted by atomic mass is 32.1.